The Balaban J connectivity index is 2.22. The van der Waals surface area contributed by atoms with Crippen LogP contribution in [0.5, 0.6) is 0 Å². The van der Waals surface area contributed by atoms with E-state index in [4.69, 9.17) is 0 Å². The van der Waals surface area contributed by atoms with E-state index >= 15 is 0 Å². The first-order valence-electron chi connectivity index (χ1n) is 7.73. The Hall–Kier alpha value is -0.850. The first kappa shape index (κ1) is 16.5. The second-order valence-electron chi connectivity index (χ2n) is 6.27. The lowest BCUT2D eigenvalue weighted by molar-refractivity contribution is 0.268. The second kappa shape index (κ2) is 6.50. The van der Waals surface area contributed by atoms with Crippen LogP contribution in [-0.2, 0) is 23.6 Å². The molecular formula is C15H27N3O2S. The predicted molar refractivity (Wildman–Crippen MR) is 84.6 cm³/mol. The molecule has 2 heterocycles. The number of sulfonamides is 1. The van der Waals surface area contributed by atoms with Gasteiger partial charge in [0.2, 0.25) is 10.0 Å². The zero-order valence-corrected chi connectivity index (χ0v) is 14.3. The van der Waals surface area contributed by atoms with Crippen LogP contribution in [0.3, 0.4) is 0 Å². The Morgan fingerprint density at radius 3 is 2.71 bits per heavy atom. The molecule has 0 spiro atoms. The number of aryl methyl sites for hydroxylation is 1. The van der Waals surface area contributed by atoms with Gasteiger partial charge in [0, 0.05) is 44.1 Å². The maximum absolute atomic E-state index is 12.8. The highest BCUT2D eigenvalue weighted by molar-refractivity contribution is 7.89. The van der Waals surface area contributed by atoms with Crippen molar-refractivity contribution in [2.45, 2.75) is 63.6 Å². The minimum absolute atomic E-state index is 0.0983. The molecule has 1 aromatic rings. The molecule has 6 heteroatoms. The van der Waals surface area contributed by atoms with Gasteiger partial charge in [0.05, 0.1) is 0 Å². The van der Waals surface area contributed by atoms with Crippen LogP contribution in [0.15, 0.2) is 17.2 Å². The fourth-order valence-electron chi connectivity index (χ4n) is 2.77. The number of hydrogen-bond acceptors (Lipinski definition) is 3. The molecule has 0 saturated carbocycles. The molecule has 1 fully saturated rings. The summed E-state index contributed by atoms with van der Waals surface area (Å²) in [6.07, 6.45) is 4.76. The Labute approximate surface area is 128 Å². The van der Waals surface area contributed by atoms with Gasteiger partial charge < -0.3 is 9.88 Å². The highest BCUT2D eigenvalue weighted by atomic mass is 32.2. The molecule has 5 nitrogen and oxygen atoms in total. The Kier molecular flexibility index (Phi) is 5.11. The zero-order valence-electron chi connectivity index (χ0n) is 13.5. The molecular weight excluding hydrogens is 286 g/mol. The van der Waals surface area contributed by atoms with E-state index in [0.717, 1.165) is 25.0 Å². The summed E-state index contributed by atoms with van der Waals surface area (Å²) in [7, 11) is -1.47. The van der Waals surface area contributed by atoms with Crippen LogP contribution in [0, 0.1) is 0 Å². The number of aromatic nitrogens is 1. The summed E-state index contributed by atoms with van der Waals surface area (Å²) in [5.41, 5.74) is 0.993. The monoisotopic (exact) mass is 313 g/mol. The van der Waals surface area contributed by atoms with Gasteiger partial charge in [-0.2, -0.15) is 4.31 Å². The third-order valence-electron chi connectivity index (χ3n) is 4.12. The van der Waals surface area contributed by atoms with E-state index in [9.17, 15) is 8.42 Å². The molecule has 0 radical (unpaired) electrons. The Morgan fingerprint density at radius 1 is 1.38 bits per heavy atom. The number of piperidine rings is 1. The number of hydrogen-bond donors (Lipinski definition) is 1. The zero-order chi connectivity index (χ0) is 15.6. The molecule has 2 rings (SSSR count). The SMILES string of the molecule is CC(C)NCc1cc(S(=O)(=O)N2CCCCC2C)cn1C. The highest BCUT2D eigenvalue weighted by Gasteiger charge is 2.31. The van der Waals surface area contributed by atoms with Gasteiger partial charge in [0.25, 0.3) is 0 Å². The molecule has 1 saturated heterocycles. The van der Waals surface area contributed by atoms with Crippen molar-refractivity contribution in [1.82, 2.24) is 14.2 Å². The van der Waals surface area contributed by atoms with Crippen LogP contribution >= 0.6 is 0 Å². The molecule has 0 aromatic carbocycles. The summed E-state index contributed by atoms with van der Waals surface area (Å²) in [6.45, 7) is 7.48. The average Bonchev–Trinajstić information content (AvgIpc) is 2.79. The maximum atomic E-state index is 12.8. The summed E-state index contributed by atoms with van der Waals surface area (Å²) in [5.74, 6) is 0. The van der Waals surface area contributed by atoms with Crippen LogP contribution in [0.2, 0.25) is 0 Å². The lowest BCUT2D eigenvalue weighted by atomic mass is 10.1. The van der Waals surface area contributed by atoms with Gasteiger partial charge in [-0.15, -0.1) is 0 Å². The van der Waals surface area contributed by atoms with Crippen molar-refractivity contribution in [3.05, 3.63) is 18.0 Å². The fraction of sp³-hybridized carbons (Fsp3) is 0.733. The van der Waals surface area contributed by atoms with Gasteiger partial charge in [-0.05, 0) is 25.8 Å². The largest absolute Gasteiger partial charge is 0.352 e. The van der Waals surface area contributed by atoms with Crippen molar-refractivity contribution in [2.24, 2.45) is 7.05 Å². The highest BCUT2D eigenvalue weighted by Crippen LogP contribution is 2.26. The predicted octanol–water partition coefficient (Wildman–Crippen LogP) is 2.09. The first-order valence-corrected chi connectivity index (χ1v) is 9.17. The molecule has 0 aliphatic carbocycles. The van der Waals surface area contributed by atoms with Crippen molar-refractivity contribution in [2.75, 3.05) is 6.54 Å². The molecule has 21 heavy (non-hydrogen) atoms. The van der Waals surface area contributed by atoms with Crippen molar-refractivity contribution in [1.29, 1.82) is 0 Å². The van der Waals surface area contributed by atoms with Crippen LogP contribution in [0.1, 0.15) is 45.7 Å². The quantitative estimate of drug-likeness (QED) is 0.905. The number of nitrogens with zero attached hydrogens (tertiary/aromatic N) is 2. The molecule has 1 unspecified atom stereocenters. The Bertz CT molecular complexity index is 578. The molecule has 0 bridgehead atoms. The van der Waals surface area contributed by atoms with Crippen LogP contribution in [0.4, 0.5) is 0 Å². The lowest BCUT2D eigenvalue weighted by Gasteiger charge is -2.31. The molecule has 120 valence electrons. The number of rotatable bonds is 5. The smallest absolute Gasteiger partial charge is 0.244 e. The van der Waals surface area contributed by atoms with Gasteiger partial charge in [-0.1, -0.05) is 20.3 Å². The molecule has 0 amide bonds. The first-order chi connectivity index (χ1) is 9.82. The fourth-order valence-corrected chi connectivity index (χ4v) is 4.56. The van der Waals surface area contributed by atoms with Gasteiger partial charge in [0.1, 0.15) is 4.90 Å². The van der Waals surface area contributed by atoms with Crippen LogP contribution in [-0.4, -0.2) is 35.9 Å². The van der Waals surface area contributed by atoms with E-state index in [1.807, 2.05) is 18.5 Å². The third kappa shape index (κ3) is 3.67. The van der Waals surface area contributed by atoms with Crippen molar-refractivity contribution < 1.29 is 8.42 Å². The van der Waals surface area contributed by atoms with E-state index < -0.39 is 10.0 Å². The second-order valence-corrected chi connectivity index (χ2v) is 8.16. The van der Waals surface area contributed by atoms with Crippen LogP contribution in [0.25, 0.3) is 0 Å². The number of nitrogens with one attached hydrogen (secondary N) is 1. The van der Waals surface area contributed by atoms with Crippen molar-refractivity contribution in [3.8, 4) is 0 Å². The topological polar surface area (TPSA) is 54.3 Å². The van der Waals surface area contributed by atoms with Gasteiger partial charge in [-0.3, -0.25) is 0 Å². The lowest BCUT2D eigenvalue weighted by Crippen LogP contribution is -2.41. The van der Waals surface area contributed by atoms with E-state index in [1.54, 1.807) is 16.6 Å². The van der Waals surface area contributed by atoms with E-state index in [0.29, 0.717) is 24.0 Å². The molecule has 1 atom stereocenters. The van der Waals surface area contributed by atoms with E-state index in [1.165, 1.54) is 0 Å². The third-order valence-corrected chi connectivity index (χ3v) is 6.10. The summed E-state index contributed by atoms with van der Waals surface area (Å²) < 4.78 is 29.1. The minimum Gasteiger partial charge on any atom is -0.352 e. The van der Waals surface area contributed by atoms with Crippen LogP contribution < -0.4 is 5.32 Å². The van der Waals surface area contributed by atoms with E-state index in [-0.39, 0.29) is 6.04 Å². The van der Waals surface area contributed by atoms with Crippen molar-refractivity contribution in [3.63, 3.8) is 0 Å². The maximum Gasteiger partial charge on any atom is 0.244 e. The summed E-state index contributed by atoms with van der Waals surface area (Å²) in [5, 5.41) is 3.33. The van der Waals surface area contributed by atoms with Crippen molar-refractivity contribution >= 4 is 10.0 Å². The average molecular weight is 313 g/mol. The standard InChI is InChI=1S/C15H27N3O2S/c1-12(2)16-10-14-9-15(11-17(14)4)21(19,20)18-8-6-5-7-13(18)3/h9,11-13,16H,5-8,10H2,1-4H3. The van der Waals surface area contributed by atoms with Gasteiger partial charge in [-0.25, -0.2) is 8.42 Å². The Morgan fingerprint density at radius 2 is 2.10 bits per heavy atom. The molecule has 1 aliphatic heterocycles. The molecule has 1 aliphatic rings. The van der Waals surface area contributed by atoms with Gasteiger partial charge in [0.15, 0.2) is 0 Å². The summed E-state index contributed by atoms with van der Waals surface area (Å²) in [6, 6.07) is 2.27. The summed E-state index contributed by atoms with van der Waals surface area (Å²) >= 11 is 0. The minimum atomic E-state index is -3.37. The molecule has 1 N–H and O–H groups in total. The van der Waals surface area contributed by atoms with Gasteiger partial charge >= 0.3 is 0 Å². The summed E-state index contributed by atoms with van der Waals surface area (Å²) in [4.78, 5) is 0.416. The molecule has 1 aromatic heterocycles. The van der Waals surface area contributed by atoms with E-state index in [2.05, 4.69) is 19.2 Å². The normalized spacial score (nSPS) is 21.1.